The quantitative estimate of drug-likeness (QED) is 0.712. The van der Waals surface area contributed by atoms with Crippen LogP contribution in [0.4, 0.5) is 10.2 Å². The Morgan fingerprint density at radius 1 is 1.11 bits per heavy atom. The molecule has 6 heteroatoms. The van der Waals surface area contributed by atoms with E-state index in [1.165, 1.54) is 30.5 Å². The summed E-state index contributed by atoms with van der Waals surface area (Å²) in [5.74, 6) is 0.918. The maximum absolute atomic E-state index is 12.9. The Morgan fingerprint density at radius 2 is 1.86 bits per heavy atom. The van der Waals surface area contributed by atoms with Crippen LogP contribution in [0.5, 0.6) is 11.5 Å². The molecule has 1 amide bonds. The summed E-state index contributed by atoms with van der Waals surface area (Å²) in [5.41, 5.74) is 0.787. The molecule has 28 heavy (non-hydrogen) atoms. The van der Waals surface area contributed by atoms with Crippen molar-refractivity contribution < 1.29 is 13.9 Å². The van der Waals surface area contributed by atoms with E-state index in [9.17, 15) is 9.18 Å². The summed E-state index contributed by atoms with van der Waals surface area (Å²) in [7, 11) is 0. The first-order chi connectivity index (χ1) is 13.6. The number of ether oxygens (including phenoxy) is 1. The summed E-state index contributed by atoms with van der Waals surface area (Å²) in [5, 5.41) is 11.9. The van der Waals surface area contributed by atoms with E-state index >= 15 is 0 Å². The molecule has 1 aromatic heterocycles. The minimum atomic E-state index is -0.599. The fourth-order valence-electron chi connectivity index (χ4n) is 3.05. The zero-order chi connectivity index (χ0) is 19.6. The molecule has 0 unspecified atom stereocenters. The van der Waals surface area contributed by atoms with Crippen LogP contribution in [0, 0.1) is 17.1 Å². The molecule has 1 saturated carbocycles. The van der Waals surface area contributed by atoms with E-state index in [1.807, 2.05) is 6.07 Å². The summed E-state index contributed by atoms with van der Waals surface area (Å²) < 4.78 is 18.5. The molecular formula is C22H16FN3O2. The van der Waals surface area contributed by atoms with Gasteiger partial charge in [0.05, 0.1) is 23.2 Å². The van der Waals surface area contributed by atoms with Gasteiger partial charge in [0.2, 0.25) is 5.91 Å². The lowest BCUT2D eigenvalue weighted by molar-refractivity contribution is -0.118. The number of aromatic nitrogens is 1. The number of benzene rings is 2. The molecule has 5 nitrogen and oxygen atoms in total. The normalized spacial score (nSPS) is 14.0. The third-order valence-corrected chi connectivity index (χ3v) is 4.76. The van der Waals surface area contributed by atoms with Crippen LogP contribution in [0.3, 0.4) is 0 Å². The van der Waals surface area contributed by atoms with Crippen molar-refractivity contribution in [2.24, 2.45) is 0 Å². The fraction of sp³-hybridized carbons (Fsp3) is 0.136. The van der Waals surface area contributed by atoms with E-state index in [0.29, 0.717) is 22.9 Å². The van der Waals surface area contributed by atoms with E-state index in [1.54, 1.807) is 30.3 Å². The molecule has 0 spiro atoms. The number of nitriles is 1. The molecule has 1 heterocycles. The van der Waals surface area contributed by atoms with Gasteiger partial charge in [-0.1, -0.05) is 12.1 Å². The zero-order valence-electron chi connectivity index (χ0n) is 14.9. The maximum Gasteiger partial charge on any atom is 0.236 e. The van der Waals surface area contributed by atoms with E-state index in [2.05, 4.69) is 16.4 Å². The lowest BCUT2D eigenvalue weighted by Gasteiger charge is -2.16. The maximum atomic E-state index is 12.9. The molecule has 0 aliphatic heterocycles. The van der Waals surface area contributed by atoms with Gasteiger partial charge in [0.25, 0.3) is 0 Å². The number of nitrogens with zero attached hydrogens (tertiary/aromatic N) is 2. The predicted molar refractivity (Wildman–Crippen MR) is 101 cm³/mol. The molecule has 1 N–H and O–H groups in total. The van der Waals surface area contributed by atoms with E-state index in [-0.39, 0.29) is 11.7 Å². The van der Waals surface area contributed by atoms with Gasteiger partial charge in [-0.3, -0.25) is 4.79 Å². The second-order valence-electron chi connectivity index (χ2n) is 6.66. The Bertz CT molecular complexity index is 1050. The molecule has 3 aromatic rings. The van der Waals surface area contributed by atoms with Gasteiger partial charge in [-0.15, -0.1) is 0 Å². The van der Waals surface area contributed by atoms with Gasteiger partial charge < -0.3 is 10.1 Å². The predicted octanol–water partition coefficient (Wildman–Crippen LogP) is 4.55. The summed E-state index contributed by atoms with van der Waals surface area (Å²) in [6.45, 7) is 0. The van der Waals surface area contributed by atoms with Crippen LogP contribution in [-0.4, -0.2) is 10.9 Å². The number of anilines is 1. The second-order valence-corrected chi connectivity index (χ2v) is 6.66. The van der Waals surface area contributed by atoms with Crippen LogP contribution < -0.4 is 10.1 Å². The number of rotatable bonds is 5. The number of amides is 1. The van der Waals surface area contributed by atoms with E-state index in [4.69, 9.17) is 10.00 Å². The van der Waals surface area contributed by atoms with Crippen molar-refractivity contribution in [2.45, 2.75) is 18.3 Å². The minimum absolute atomic E-state index is 0.137. The second kappa shape index (κ2) is 7.12. The lowest BCUT2D eigenvalue weighted by Crippen LogP contribution is -2.28. The van der Waals surface area contributed by atoms with Crippen molar-refractivity contribution >= 4 is 11.7 Å². The van der Waals surface area contributed by atoms with Crippen LogP contribution in [0.1, 0.15) is 24.0 Å². The molecule has 1 fully saturated rings. The third kappa shape index (κ3) is 3.55. The Labute approximate surface area is 161 Å². The number of halogens is 1. The molecule has 4 rings (SSSR count). The summed E-state index contributed by atoms with van der Waals surface area (Å²) >= 11 is 0. The highest BCUT2D eigenvalue weighted by atomic mass is 19.1. The fourth-order valence-corrected chi connectivity index (χ4v) is 3.05. The molecule has 2 aromatic carbocycles. The Kier molecular flexibility index (Phi) is 4.50. The van der Waals surface area contributed by atoms with Gasteiger partial charge >= 0.3 is 0 Å². The molecule has 0 saturated heterocycles. The first kappa shape index (κ1) is 17.7. The van der Waals surface area contributed by atoms with Crippen molar-refractivity contribution in [1.29, 1.82) is 5.26 Å². The van der Waals surface area contributed by atoms with Gasteiger partial charge in [-0.2, -0.15) is 5.26 Å². The van der Waals surface area contributed by atoms with Crippen molar-refractivity contribution in [3.05, 3.63) is 83.8 Å². The number of hydrogen-bond donors (Lipinski definition) is 1. The molecule has 1 aliphatic carbocycles. The average molecular weight is 373 g/mol. The molecule has 1 aliphatic rings. The van der Waals surface area contributed by atoms with Crippen molar-refractivity contribution in [1.82, 2.24) is 4.98 Å². The van der Waals surface area contributed by atoms with Gasteiger partial charge in [0.15, 0.2) is 0 Å². The first-order valence-electron chi connectivity index (χ1n) is 8.81. The average Bonchev–Trinajstić information content (AvgIpc) is 3.53. The van der Waals surface area contributed by atoms with Crippen LogP contribution in [0.25, 0.3) is 0 Å². The van der Waals surface area contributed by atoms with Gasteiger partial charge in [0.1, 0.15) is 23.1 Å². The van der Waals surface area contributed by atoms with Crippen LogP contribution in [-0.2, 0) is 10.2 Å². The van der Waals surface area contributed by atoms with Gasteiger partial charge in [0, 0.05) is 0 Å². The Morgan fingerprint density at radius 3 is 2.50 bits per heavy atom. The van der Waals surface area contributed by atoms with Crippen LogP contribution in [0.2, 0.25) is 0 Å². The van der Waals surface area contributed by atoms with Gasteiger partial charge in [-0.05, 0) is 66.9 Å². The smallest absolute Gasteiger partial charge is 0.236 e. The van der Waals surface area contributed by atoms with Gasteiger partial charge in [-0.25, -0.2) is 9.37 Å². The van der Waals surface area contributed by atoms with Crippen molar-refractivity contribution in [3.63, 3.8) is 0 Å². The summed E-state index contributed by atoms with van der Waals surface area (Å²) in [4.78, 5) is 17.0. The molecule has 0 radical (unpaired) electrons. The molecular weight excluding hydrogens is 357 g/mol. The molecule has 0 bridgehead atoms. The largest absolute Gasteiger partial charge is 0.456 e. The molecule has 138 valence electrons. The summed E-state index contributed by atoms with van der Waals surface area (Å²) in [6, 6.07) is 18.3. The van der Waals surface area contributed by atoms with Crippen LogP contribution in [0.15, 0.2) is 66.9 Å². The summed E-state index contributed by atoms with van der Waals surface area (Å²) in [6.07, 6.45) is 2.97. The lowest BCUT2D eigenvalue weighted by atomic mass is 9.93. The number of nitrogens with one attached hydrogen (secondary N) is 1. The zero-order valence-corrected chi connectivity index (χ0v) is 14.9. The number of pyridine rings is 1. The van der Waals surface area contributed by atoms with Crippen molar-refractivity contribution in [3.8, 4) is 17.6 Å². The van der Waals surface area contributed by atoms with E-state index < -0.39 is 5.41 Å². The molecule has 0 atom stereocenters. The highest BCUT2D eigenvalue weighted by Gasteiger charge is 2.51. The monoisotopic (exact) mass is 373 g/mol. The van der Waals surface area contributed by atoms with Crippen LogP contribution >= 0.6 is 0 Å². The number of carbonyl (C=O) groups excluding carboxylic acids is 1. The Balaban J connectivity index is 1.45. The number of hydrogen-bond acceptors (Lipinski definition) is 4. The Hall–Kier alpha value is -3.72. The minimum Gasteiger partial charge on any atom is -0.456 e. The highest BCUT2D eigenvalue weighted by molar-refractivity contribution is 6.00. The topological polar surface area (TPSA) is 75.0 Å². The SMILES string of the molecule is N#Cc1cccc(C2(C(=O)Nc3ccc(Oc4ccc(F)cc4)cn3)CC2)c1. The first-order valence-corrected chi connectivity index (χ1v) is 8.81. The highest BCUT2D eigenvalue weighted by Crippen LogP contribution is 2.49. The third-order valence-electron chi connectivity index (χ3n) is 4.76. The number of carbonyl (C=O) groups is 1. The van der Waals surface area contributed by atoms with Crippen molar-refractivity contribution in [2.75, 3.05) is 5.32 Å². The standard InChI is InChI=1S/C22H16FN3O2/c23-17-4-6-18(7-5-17)28-19-8-9-20(25-14-19)26-21(27)22(10-11-22)16-3-1-2-15(12-16)13-24/h1-9,12,14H,10-11H2,(H,25,26,27). The van der Waals surface area contributed by atoms with E-state index in [0.717, 1.165) is 18.4 Å².